The minimum Gasteiger partial charge on any atom is -0.379 e. The van der Waals surface area contributed by atoms with Gasteiger partial charge < -0.3 is 10.1 Å². The molecule has 0 bridgehead atoms. The standard InChI is InChI=1S/C29H35N5O4S2/c35-27(30-26-14-6-8-21-7-1-4-13-25(21)26)20-39-29-32-31-28(34(29)23-10-2-3-11-23)22-9-5-12-24(19-22)40(36,37)33-15-17-38-18-16-33/h1,4-5,7,9,12-13,19,23,26H,2-3,6,8,10-11,14-18,20H2,(H,30,35)/t26-/m0/s1. The molecule has 1 saturated carbocycles. The fourth-order valence-electron chi connectivity index (χ4n) is 6.07. The monoisotopic (exact) mass is 581 g/mol. The summed E-state index contributed by atoms with van der Waals surface area (Å²) in [4.78, 5) is 13.3. The number of aryl methyl sites for hydroxylation is 1. The SMILES string of the molecule is O=C(CSc1nnc(-c2cccc(S(=O)(=O)N3CCOCC3)c2)n1C1CCCC1)N[C@H]1CCCc2ccccc21. The number of benzene rings is 2. The van der Waals surface area contributed by atoms with Crippen molar-refractivity contribution in [3.63, 3.8) is 0 Å². The Morgan fingerprint density at radius 2 is 1.80 bits per heavy atom. The number of fused-ring (bicyclic) bond motifs is 1. The molecule has 1 amide bonds. The number of nitrogens with one attached hydrogen (secondary N) is 1. The molecule has 1 saturated heterocycles. The van der Waals surface area contributed by atoms with Crippen LogP contribution in [-0.2, 0) is 26.0 Å². The highest BCUT2D eigenvalue weighted by atomic mass is 32.2. The number of carbonyl (C=O) groups is 1. The van der Waals surface area contributed by atoms with Gasteiger partial charge in [0.1, 0.15) is 0 Å². The van der Waals surface area contributed by atoms with E-state index in [1.54, 1.807) is 18.2 Å². The molecule has 9 nitrogen and oxygen atoms in total. The third-order valence-corrected chi connectivity index (χ3v) is 10.9. The maximum Gasteiger partial charge on any atom is 0.243 e. The van der Waals surface area contributed by atoms with Crippen molar-refractivity contribution in [2.45, 2.75) is 67.1 Å². The zero-order valence-corrected chi connectivity index (χ0v) is 24.1. The lowest BCUT2D eigenvalue weighted by atomic mass is 9.88. The Morgan fingerprint density at radius 1 is 1.00 bits per heavy atom. The summed E-state index contributed by atoms with van der Waals surface area (Å²) in [6.45, 7) is 1.49. The lowest BCUT2D eigenvalue weighted by Crippen LogP contribution is -2.40. The van der Waals surface area contributed by atoms with E-state index in [1.165, 1.54) is 27.2 Å². The van der Waals surface area contributed by atoms with Gasteiger partial charge in [0.05, 0.1) is 29.9 Å². The third-order valence-electron chi connectivity index (χ3n) is 8.09. The van der Waals surface area contributed by atoms with Gasteiger partial charge in [-0.3, -0.25) is 9.36 Å². The molecular formula is C29H35N5O4S2. The van der Waals surface area contributed by atoms with Crippen molar-refractivity contribution in [1.82, 2.24) is 24.4 Å². The van der Waals surface area contributed by atoms with Crippen LogP contribution in [0.1, 0.15) is 61.7 Å². The van der Waals surface area contributed by atoms with Gasteiger partial charge in [0, 0.05) is 24.7 Å². The number of sulfonamides is 1. The molecule has 3 aromatic rings. The van der Waals surface area contributed by atoms with E-state index in [4.69, 9.17) is 4.74 Å². The smallest absolute Gasteiger partial charge is 0.243 e. The molecule has 1 aromatic heterocycles. The largest absolute Gasteiger partial charge is 0.379 e. The van der Waals surface area contributed by atoms with Gasteiger partial charge in [-0.1, -0.05) is 61.0 Å². The summed E-state index contributed by atoms with van der Waals surface area (Å²) in [5.41, 5.74) is 3.24. The van der Waals surface area contributed by atoms with Crippen LogP contribution >= 0.6 is 11.8 Å². The normalized spacial score (nSPS) is 20.4. The molecule has 0 spiro atoms. The van der Waals surface area contributed by atoms with Crippen LogP contribution in [0.25, 0.3) is 11.4 Å². The Balaban J connectivity index is 1.22. The van der Waals surface area contributed by atoms with E-state index in [0.29, 0.717) is 42.8 Å². The quantitative estimate of drug-likeness (QED) is 0.394. The summed E-state index contributed by atoms with van der Waals surface area (Å²) in [6, 6.07) is 15.6. The third kappa shape index (κ3) is 5.70. The first-order valence-electron chi connectivity index (χ1n) is 14.1. The number of thioether (sulfide) groups is 1. The van der Waals surface area contributed by atoms with E-state index in [2.05, 4.69) is 38.3 Å². The molecule has 2 heterocycles. The van der Waals surface area contributed by atoms with Crippen molar-refractivity contribution in [2.24, 2.45) is 0 Å². The van der Waals surface area contributed by atoms with Crippen molar-refractivity contribution >= 4 is 27.7 Å². The van der Waals surface area contributed by atoms with E-state index in [9.17, 15) is 13.2 Å². The first-order valence-corrected chi connectivity index (χ1v) is 16.6. The van der Waals surface area contributed by atoms with Crippen LogP contribution in [0.15, 0.2) is 58.6 Å². The Kier molecular flexibility index (Phi) is 8.25. The average Bonchev–Trinajstić information content (AvgIpc) is 3.67. The molecule has 212 valence electrons. The molecule has 0 unspecified atom stereocenters. The predicted octanol–water partition coefficient (Wildman–Crippen LogP) is 4.37. The lowest BCUT2D eigenvalue weighted by molar-refractivity contribution is -0.119. The average molecular weight is 582 g/mol. The maximum absolute atomic E-state index is 13.3. The summed E-state index contributed by atoms with van der Waals surface area (Å²) in [5.74, 6) is 0.873. The van der Waals surface area contributed by atoms with Crippen LogP contribution in [0.2, 0.25) is 0 Å². The Bertz CT molecular complexity index is 1460. The summed E-state index contributed by atoms with van der Waals surface area (Å²) in [7, 11) is -3.64. The highest BCUT2D eigenvalue weighted by molar-refractivity contribution is 7.99. The summed E-state index contributed by atoms with van der Waals surface area (Å²) in [6.07, 6.45) is 7.33. The topological polar surface area (TPSA) is 106 Å². The fraction of sp³-hybridized carbons (Fsp3) is 0.483. The van der Waals surface area contributed by atoms with Crippen molar-refractivity contribution < 1.29 is 17.9 Å². The highest BCUT2D eigenvalue weighted by Crippen LogP contribution is 2.37. The number of morpholine rings is 1. The summed E-state index contributed by atoms with van der Waals surface area (Å²) < 4.78 is 35.6. The van der Waals surface area contributed by atoms with Crippen molar-refractivity contribution in [1.29, 1.82) is 0 Å². The van der Waals surface area contributed by atoms with Crippen LogP contribution in [-0.4, -0.2) is 65.5 Å². The fourth-order valence-corrected chi connectivity index (χ4v) is 8.34. The Hall–Kier alpha value is -2.73. The minimum atomic E-state index is -3.64. The van der Waals surface area contributed by atoms with Crippen LogP contribution in [0.5, 0.6) is 0 Å². The van der Waals surface area contributed by atoms with Crippen LogP contribution in [0.3, 0.4) is 0 Å². The predicted molar refractivity (Wildman–Crippen MR) is 154 cm³/mol. The van der Waals surface area contributed by atoms with E-state index in [1.807, 2.05) is 12.1 Å². The second-order valence-corrected chi connectivity index (χ2v) is 13.5. The van der Waals surface area contributed by atoms with E-state index < -0.39 is 10.0 Å². The summed E-state index contributed by atoms with van der Waals surface area (Å²) >= 11 is 1.40. The first kappa shape index (κ1) is 27.4. The first-order chi connectivity index (χ1) is 19.5. The molecule has 1 N–H and O–H groups in total. The second kappa shape index (κ2) is 12.0. The number of carbonyl (C=O) groups excluding carboxylic acids is 1. The van der Waals surface area contributed by atoms with E-state index in [0.717, 1.165) is 44.9 Å². The Morgan fingerprint density at radius 3 is 2.62 bits per heavy atom. The number of hydrogen-bond donors (Lipinski definition) is 1. The molecule has 6 rings (SSSR count). The number of ether oxygens (including phenoxy) is 1. The maximum atomic E-state index is 13.3. The number of aromatic nitrogens is 3. The van der Waals surface area contributed by atoms with Crippen LogP contribution < -0.4 is 5.32 Å². The van der Waals surface area contributed by atoms with Gasteiger partial charge in [-0.25, -0.2) is 8.42 Å². The Labute approximate surface area is 239 Å². The molecule has 2 aliphatic carbocycles. The van der Waals surface area contributed by atoms with Gasteiger partial charge in [0.25, 0.3) is 0 Å². The van der Waals surface area contributed by atoms with Crippen LogP contribution in [0.4, 0.5) is 0 Å². The van der Waals surface area contributed by atoms with E-state index in [-0.39, 0.29) is 28.6 Å². The molecule has 11 heteroatoms. The lowest BCUT2D eigenvalue weighted by Gasteiger charge is -2.26. The van der Waals surface area contributed by atoms with Gasteiger partial charge in [0.2, 0.25) is 15.9 Å². The van der Waals surface area contributed by atoms with Crippen molar-refractivity contribution in [2.75, 3.05) is 32.1 Å². The van der Waals surface area contributed by atoms with Gasteiger partial charge in [0.15, 0.2) is 11.0 Å². The molecule has 40 heavy (non-hydrogen) atoms. The van der Waals surface area contributed by atoms with Crippen molar-refractivity contribution in [3.05, 3.63) is 59.7 Å². The molecule has 2 aromatic carbocycles. The molecule has 2 fully saturated rings. The molecule has 1 atom stereocenters. The van der Waals surface area contributed by atoms with Gasteiger partial charge in [-0.15, -0.1) is 10.2 Å². The molecule has 1 aliphatic heterocycles. The van der Waals surface area contributed by atoms with Crippen LogP contribution in [0, 0.1) is 0 Å². The zero-order valence-electron chi connectivity index (χ0n) is 22.5. The number of nitrogens with zero attached hydrogens (tertiary/aromatic N) is 4. The van der Waals surface area contributed by atoms with Gasteiger partial charge in [-0.05, 0) is 55.4 Å². The minimum absolute atomic E-state index is 0.0205. The zero-order chi connectivity index (χ0) is 27.5. The molecule has 0 radical (unpaired) electrons. The van der Waals surface area contributed by atoms with E-state index >= 15 is 0 Å². The molecular weight excluding hydrogens is 546 g/mol. The number of amides is 1. The van der Waals surface area contributed by atoms with Gasteiger partial charge in [-0.2, -0.15) is 4.31 Å². The highest BCUT2D eigenvalue weighted by Gasteiger charge is 2.29. The number of rotatable bonds is 8. The summed E-state index contributed by atoms with van der Waals surface area (Å²) in [5, 5.41) is 12.9. The van der Waals surface area contributed by atoms with Crippen molar-refractivity contribution in [3.8, 4) is 11.4 Å². The second-order valence-electron chi connectivity index (χ2n) is 10.7. The van der Waals surface area contributed by atoms with Gasteiger partial charge >= 0.3 is 0 Å². The number of hydrogen-bond acceptors (Lipinski definition) is 7. The molecule has 3 aliphatic rings.